The quantitative estimate of drug-likeness (QED) is 0.395. The highest BCUT2D eigenvalue weighted by molar-refractivity contribution is 7.91. The zero-order valence-electron chi connectivity index (χ0n) is 15.5. The van der Waals surface area contributed by atoms with Crippen LogP contribution < -0.4 is 5.32 Å². The molecule has 1 aromatic heterocycles. The molecule has 152 valence electrons. The van der Waals surface area contributed by atoms with E-state index in [2.05, 4.69) is 10.3 Å². The number of nitrogens with one attached hydrogen (secondary N) is 1. The van der Waals surface area contributed by atoms with Gasteiger partial charge < -0.3 is 9.73 Å². The van der Waals surface area contributed by atoms with Crippen molar-refractivity contribution in [1.82, 2.24) is 4.98 Å². The molecule has 30 heavy (non-hydrogen) atoms. The molecule has 0 spiro atoms. The Morgan fingerprint density at radius 3 is 2.40 bits per heavy atom. The Morgan fingerprint density at radius 1 is 0.967 bits per heavy atom. The molecule has 4 rings (SSSR count). The lowest BCUT2D eigenvalue weighted by Gasteiger charge is -2.06. The van der Waals surface area contributed by atoms with E-state index in [1.807, 2.05) is 30.3 Å². The normalized spacial score (nSPS) is 11.4. The van der Waals surface area contributed by atoms with E-state index < -0.39 is 15.7 Å². The lowest BCUT2D eigenvalue weighted by Crippen LogP contribution is -2.07. The Morgan fingerprint density at radius 2 is 1.70 bits per heavy atom. The maximum atomic E-state index is 13.3. The molecule has 0 saturated carbocycles. The lowest BCUT2D eigenvalue weighted by atomic mass is 10.2. The molecule has 0 saturated heterocycles. The maximum Gasteiger partial charge on any atom is 0.234 e. The van der Waals surface area contributed by atoms with Gasteiger partial charge in [-0.05, 0) is 48.0 Å². The first kappa shape index (κ1) is 20.1. The predicted molar refractivity (Wildman–Crippen MR) is 113 cm³/mol. The topological polar surface area (TPSA) is 72.2 Å². The molecular weight excluding hydrogens is 427 g/mol. The minimum atomic E-state index is -4.06. The van der Waals surface area contributed by atoms with Crippen molar-refractivity contribution in [1.29, 1.82) is 0 Å². The molecular formula is C22H16ClFN2O3S. The number of rotatable bonds is 6. The second kappa shape index (κ2) is 8.30. The SMILES string of the molecule is O=S(=O)(c1ccc(F)cc1)c1nc(-c2cccc(Cl)c2)oc1NCc1ccccc1. The number of benzene rings is 3. The number of aromatic nitrogens is 1. The molecule has 0 amide bonds. The summed E-state index contributed by atoms with van der Waals surface area (Å²) in [6, 6.07) is 20.8. The first-order valence-corrected chi connectivity index (χ1v) is 10.8. The summed E-state index contributed by atoms with van der Waals surface area (Å²) >= 11 is 6.04. The van der Waals surface area contributed by atoms with Crippen molar-refractivity contribution >= 4 is 27.3 Å². The van der Waals surface area contributed by atoms with E-state index in [1.165, 1.54) is 12.1 Å². The zero-order valence-corrected chi connectivity index (χ0v) is 17.1. The number of sulfone groups is 1. The van der Waals surface area contributed by atoms with Gasteiger partial charge in [0.15, 0.2) is 0 Å². The van der Waals surface area contributed by atoms with Gasteiger partial charge in [0.1, 0.15) is 5.82 Å². The highest BCUT2D eigenvalue weighted by atomic mass is 35.5. The van der Waals surface area contributed by atoms with Gasteiger partial charge in [-0.3, -0.25) is 0 Å². The summed E-state index contributed by atoms with van der Waals surface area (Å²) in [7, 11) is -4.06. The minimum absolute atomic E-state index is 0.00171. The fourth-order valence-corrected chi connectivity index (χ4v) is 4.32. The molecule has 4 aromatic rings. The van der Waals surface area contributed by atoms with Crippen LogP contribution in [0.4, 0.5) is 10.3 Å². The number of nitrogens with zero attached hydrogens (tertiary/aromatic N) is 1. The fraction of sp³-hybridized carbons (Fsp3) is 0.0455. The minimum Gasteiger partial charge on any atom is -0.419 e. The molecule has 0 aliphatic carbocycles. The van der Waals surface area contributed by atoms with E-state index in [4.69, 9.17) is 16.0 Å². The Kier molecular flexibility index (Phi) is 5.57. The van der Waals surface area contributed by atoms with Gasteiger partial charge in [0.05, 0.1) is 4.90 Å². The summed E-state index contributed by atoms with van der Waals surface area (Å²) in [5.41, 5.74) is 1.47. The maximum absolute atomic E-state index is 13.3. The molecule has 0 radical (unpaired) electrons. The highest BCUT2D eigenvalue weighted by Gasteiger charge is 2.28. The van der Waals surface area contributed by atoms with Crippen molar-refractivity contribution in [3.8, 4) is 11.5 Å². The van der Waals surface area contributed by atoms with Crippen molar-refractivity contribution in [3.05, 3.63) is 95.3 Å². The van der Waals surface area contributed by atoms with Gasteiger partial charge in [0.25, 0.3) is 0 Å². The number of halogens is 2. The third-order valence-electron chi connectivity index (χ3n) is 4.34. The number of oxazole rings is 1. The van der Waals surface area contributed by atoms with E-state index in [0.29, 0.717) is 17.1 Å². The van der Waals surface area contributed by atoms with Crippen molar-refractivity contribution in [3.63, 3.8) is 0 Å². The first-order valence-electron chi connectivity index (χ1n) is 8.99. The highest BCUT2D eigenvalue weighted by Crippen LogP contribution is 2.33. The van der Waals surface area contributed by atoms with E-state index in [1.54, 1.807) is 24.3 Å². The molecule has 3 aromatic carbocycles. The second-order valence-electron chi connectivity index (χ2n) is 6.46. The molecule has 1 N–H and O–H groups in total. The van der Waals surface area contributed by atoms with Crippen molar-refractivity contribution in [2.75, 3.05) is 5.32 Å². The number of anilines is 1. The third kappa shape index (κ3) is 4.22. The van der Waals surface area contributed by atoms with Crippen molar-refractivity contribution in [2.24, 2.45) is 0 Å². The van der Waals surface area contributed by atoms with Crippen molar-refractivity contribution in [2.45, 2.75) is 16.5 Å². The van der Waals surface area contributed by atoms with Gasteiger partial charge in [-0.2, -0.15) is 4.98 Å². The Bertz CT molecular complexity index is 1270. The average molecular weight is 443 g/mol. The molecule has 0 aliphatic rings. The standard InChI is InChI=1S/C22H16ClFN2O3S/c23-17-8-4-7-16(13-17)20-26-22(30(27,28)19-11-9-18(24)10-12-19)21(29-20)25-14-15-5-2-1-3-6-15/h1-13,25H,14H2. The van der Waals surface area contributed by atoms with Crippen LogP contribution in [0.2, 0.25) is 5.02 Å². The van der Waals surface area contributed by atoms with Crippen LogP contribution in [0, 0.1) is 5.82 Å². The largest absolute Gasteiger partial charge is 0.419 e. The molecule has 8 heteroatoms. The summed E-state index contributed by atoms with van der Waals surface area (Å²) in [6.45, 7) is 0.330. The van der Waals surface area contributed by atoms with Crippen LogP contribution in [0.25, 0.3) is 11.5 Å². The van der Waals surface area contributed by atoms with Gasteiger partial charge in [-0.15, -0.1) is 0 Å². The van der Waals surface area contributed by atoms with Crippen LogP contribution in [-0.2, 0) is 16.4 Å². The lowest BCUT2D eigenvalue weighted by molar-refractivity contribution is 0.576. The Labute approximate surface area is 178 Å². The molecule has 0 bridgehead atoms. The summed E-state index contributed by atoms with van der Waals surface area (Å²) < 4.78 is 45.4. The number of hydrogen-bond donors (Lipinski definition) is 1. The van der Waals surface area contributed by atoms with E-state index >= 15 is 0 Å². The zero-order chi connectivity index (χ0) is 21.1. The van der Waals surface area contributed by atoms with E-state index in [-0.39, 0.29) is 21.7 Å². The van der Waals surface area contributed by atoms with Gasteiger partial charge >= 0.3 is 0 Å². The third-order valence-corrected chi connectivity index (χ3v) is 6.26. The van der Waals surface area contributed by atoms with Gasteiger partial charge in [0, 0.05) is 17.1 Å². The molecule has 0 unspecified atom stereocenters. The van der Waals surface area contributed by atoms with E-state index in [0.717, 1.165) is 17.7 Å². The molecule has 0 fully saturated rings. The Hall–Kier alpha value is -3.16. The van der Waals surface area contributed by atoms with Crippen LogP contribution in [0.3, 0.4) is 0 Å². The van der Waals surface area contributed by atoms with Gasteiger partial charge in [0.2, 0.25) is 26.6 Å². The summed E-state index contributed by atoms with van der Waals surface area (Å²) in [6.07, 6.45) is 0. The fourth-order valence-electron chi connectivity index (χ4n) is 2.85. The molecule has 0 atom stereocenters. The monoisotopic (exact) mass is 442 g/mol. The van der Waals surface area contributed by atoms with Crippen LogP contribution in [0.1, 0.15) is 5.56 Å². The van der Waals surface area contributed by atoms with Crippen molar-refractivity contribution < 1.29 is 17.2 Å². The van der Waals surface area contributed by atoms with Crippen LogP contribution in [-0.4, -0.2) is 13.4 Å². The second-order valence-corrected chi connectivity index (χ2v) is 8.76. The molecule has 5 nitrogen and oxygen atoms in total. The predicted octanol–water partition coefficient (Wildman–Crippen LogP) is 5.58. The molecule has 0 aliphatic heterocycles. The van der Waals surface area contributed by atoms with Gasteiger partial charge in [-0.1, -0.05) is 48.0 Å². The summed E-state index contributed by atoms with van der Waals surface area (Å²) in [5.74, 6) is -0.428. The van der Waals surface area contributed by atoms with Crippen LogP contribution in [0.15, 0.2) is 93.2 Å². The van der Waals surface area contributed by atoms with Gasteiger partial charge in [-0.25, -0.2) is 12.8 Å². The van der Waals surface area contributed by atoms with Crippen LogP contribution in [0.5, 0.6) is 0 Å². The number of hydrogen-bond acceptors (Lipinski definition) is 5. The average Bonchev–Trinajstić information content (AvgIpc) is 3.19. The smallest absolute Gasteiger partial charge is 0.234 e. The molecule has 1 heterocycles. The Balaban J connectivity index is 1.77. The van der Waals surface area contributed by atoms with Crippen LogP contribution >= 0.6 is 11.6 Å². The summed E-state index contributed by atoms with van der Waals surface area (Å²) in [4.78, 5) is 4.15. The first-order chi connectivity index (χ1) is 14.4. The summed E-state index contributed by atoms with van der Waals surface area (Å²) in [5, 5.41) is 3.19. The van der Waals surface area contributed by atoms with E-state index in [9.17, 15) is 12.8 Å².